The highest BCUT2D eigenvalue weighted by Gasteiger charge is 2.21. The number of fused-ring (bicyclic) bond motifs is 1. The maximum atomic E-state index is 12.0. The molecule has 1 aromatic carbocycles. The van der Waals surface area contributed by atoms with Crippen LogP contribution in [0.3, 0.4) is 0 Å². The van der Waals surface area contributed by atoms with E-state index in [9.17, 15) is 4.79 Å². The van der Waals surface area contributed by atoms with Gasteiger partial charge in [0.05, 0.1) is 17.6 Å². The third-order valence-corrected chi connectivity index (χ3v) is 3.94. The van der Waals surface area contributed by atoms with Crippen molar-refractivity contribution in [2.45, 2.75) is 32.1 Å². The number of carbonyl (C=O) groups is 1. The highest BCUT2D eigenvalue weighted by atomic mass is 16.1. The second-order valence-corrected chi connectivity index (χ2v) is 5.30. The zero-order valence-corrected chi connectivity index (χ0v) is 10.7. The fourth-order valence-corrected chi connectivity index (χ4v) is 2.70. The number of benzene rings is 1. The Morgan fingerprint density at radius 2 is 2.17 bits per heavy atom. The van der Waals surface area contributed by atoms with Gasteiger partial charge in [0.25, 0.3) is 0 Å². The third-order valence-electron chi connectivity index (χ3n) is 3.94. The van der Waals surface area contributed by atoms with Crippen molar-refractivity contribution >= 4 is 16.7 Å². The molecule has 3 heteroatoms. The summed E-state index contributed by atoms with van der Waals surface area (Å²) in [5, 5.41) is 5.59. The zero-order valence-electron chi connectivity index (χ0n) is 10.7. The van der Waals surface area contributed by atoms with Crippen LogP contribution in [-0.4, -0.2) is 15.6 Å². The Kier molecular flexibility index (Phi) is 2.90. The van der Waals surface area contributed by atoms with Crippen molar-refractivity contribution in [1.82, 2.24) is 9.78 Å². The van der Waals surface area contributed by atoms with Crippen molar-refractivity contribution in [1.29, 1.82) is 0 Å². The lowest BCUT2D eigenvalue weighted by Crippen LogP contribution is -2.17. The molecule has 0 atom stereocenters. The van der Waals surface area contributed by atoms with E-state index >= 15 is 0 Å². The van der Waals surface area contributed by atoms with Crippen LogP contribution in [0.5, 0.6) is 0 Å². The first-order valence-corrected chi connectivity index (χ1v) is 6.66. The fourth-order valence-electron chi connectivity index (χ4n) is 2.70. The van der Waals surface area contributed by atoms with E-state index in [-0.39, 0.29) is 0 Å². The molecule has 0 radical (unpaired) electrons. The summed E-state index contributed by atoms with van der Waals surface area (Å²) in [6.07, 6.45) is 4.98. The molecule has 0 amide bonds. The van der Waals surface area contributed by atoms with Gasteiger partial charge < -0.3 is 0 Å². The second kappa shape index (κ2) is 4.56. The van der Waals surface area contributed by atoms with Crippen molar-refractivity contribution < 1.29 is 4.79 Å². The van der Waals surface area contributed by atoms with E-state index in [0.29, 0.717) is 18.1 Å². The molecule has 3 rings (SSSR count). The molecule has 0 unspecified atom stereocenters. The Morgan fingerprint density at radius 3 is 2.89 bits per heavy atom. The lowest BCUT2D eigenvalue weighted by molar-refractivity contribution is -0.119. The molecule has 0 aliphatic heterocycles. The van der Waals surface area contributed by atoms with Crippen molar-refractivity contribution in [3.05, 3.63) is 30.0 Å². The number of rotatable bonds is 4. The normalized spacial score (nSPS) is 15.8. The van der Waals surface area contributed by atoms with Gasteiger partial charge in [0, 0.05) is 18.9 Å². The predicted molar refractivity (Wildman–Crippen MR) is 71.4 cm³/mol. The van der Waals surface area contributed by atoms with Gasteiger partial charge in [0.2, 0.25) is 0 Å². The van der Waals surface area contributed by atoms with Crippen molar-refractivity contribution in [2.75, 3.05) is 0 Å². The quantitative estimate of drug-likeness (QED) is 0.826. The van der Waals surface area contributed by atoms with Crippen LogP contribution >= 0.6 is 0 Å². The highest BCUT2D eigenvalue weighted by Crippen LogP contribution is 2.30. The van der Waals surface area contributed by atoms with Crippen molar-refractivity contribution in [2.24, 2.45) is 13.0 Å². The Balaban J connectivity index is 1.79. The molecule has 94 valence electrons. The first-order valence-electron chi connectivity index (χ1n) is 6.66. The number of Topliss-reactive ketones (excluding diaryl/α,β-unsaturated/α-hetero) is 1. The number of aromatic nitrogens is 2. The molecule has 3 nitrogen and oxygen atoms in total. The van der Waals surface area contributed by atoms with E-state index < -0.39 is 0 Å². The Labute approximate surface area is 107 Å². The predicted octanol–water partition coefficient (Wildman–Crippen LogP) is 2.88. The molecule has 0 bridgehead atoms. The molecule has 0 saturated heterocycles. The zero-order chi connectivity index (χ0) is 12.5. The number of para-hydroxylation sites is 1. The molecule has 1 fully saturated rings. The van der Waals surface area contributed by atoms with Crippen LogP contribution in [0, 0.1) is 5.92 Å². The molecule has 1 aliphatic carbocycles. The van der Waals surface area contributed by atoms with Crippen LogP contribution in [0.15, 0.2) is 24.3 Å². The largest absolute Gasteiger partial charge is 0.299 e. The van der Waals surface area contributed by atoms with Crippen LogP contribution in [-0.2, 0) is 18.3 Å². The van der Waals surface area contributed by atoms with Crippen LogP contribution in [0.2, 0.25) is 0 Å². The summed E-state index contributed by atoms with van der Waals surface area (Å²) in [6.45, 7) is 0. The molecule has 0 N–H and O–H groups in total. The van der Waals surface area contributed by atoms with E-state index in [4.69, 9.17) is 0 Å². The summed E-state index contributed by atoms with van der Waals surface area (Å²) < 4.78 is 1.86. The van der Waals surface area contributed by atoms with Crippen LogP contribution in [0.25, 0.3) is 10.9 Å². The van der Waals surface area contributed by atoms with Gasteiger partial charge >= 0.3 is 0 Å². The van der Waals surface area contributed by atoms with Gasteiger partial charge in [-0.25, -0.2) is 0 Å². The third kappa shape index (κ3) is 2.05. The number of hydrogen-bond donors (Lipinski definition) is 0. The van der Waals surface area contributed by atoms with E-state index in [0.717, 1.165) is 23.0 Å². The Hall–Kier alpha value is -1.64. The first kappa shape index (κ1) is 11.5. The van der Waals surface area contributed by atoms with Gasteiger partial charge in [0.15, 0.2) is 0 Å². The van der Waals surface area contributed by atoms with Gasteiger partial charge in [-0.15, -0.1) is 0 Å². The average molecular weight is 242 g/mol. The first-order chi connectivity index (χ1) is 8.74. The SMILES string of the molecule is Cn1nc(CC(=O)CC2CCC2)c2ccccc21. The smallest absolute Gasteiger partial charge is 0.139 e. The minimum absolute atomic E-state index is 0.337. The summed E-state index contributed by atoms with van der Waals surface area (Å²) in [7, 11) is 1.93. The summed E-state index contributed by atoms with van der Waals surface area (Å²) >= 11 is 0. The summed E-state index contributed by atoms with van der Waals surface area (Å²) in [5.41, 5.74) is 2.03. The van der Waals surface area contributed by atoms with Crippen LogP contribution in [0.4, 0.5) is 0 Å². The van der Waals surface area contributed by atoms with E-state index in [1.165, 1.54) is 19.3 Å². The summed E-state index contributed by atoms with van der Waals surface area (Å²) in [4.78, 5) is 12.0. The maximum absolute atomic E-state index is 12.0. The van der Waals surface area contributed by atoms with Gasteiger partial charge in [-0.05, 0) is 12.0 Å². The molecule has 1 aliphatic rings. The molecular formula is C15H18N2O. The van der Waals surface area contributed by atoms with E-state index in [2.05, 4.69) is 5.10 Å². The number of aryl methyl sites for hydroxylation is 1. The number of nitrogens with zero attached hydrogens (tertiary/aromatic N) is 2. The van der Waals surface area contributed by atoms with Gasteiger partial charge in [-0.2, -0.15) is 5.10 Å². The molecule has 0 spiro atoms. The lowest BCUT2D eigenvalue weighted by atomic mass is 9.81. The standard InChI is InChI=1S/C15H18N2O/c1-17-15-8-3-2-7-13(15)14(16-17)10-12(18)9-11-5-4-6-11/h2-3,7-8,11H,4-6,9-10H2,1H3. The molecule has 1 heterocycles. The van der Waals surface area contributed by atoms with Gasteiger partial charge in [-0.3, -0.25) is 9.48 Å². The number of hydrogen-bond acceptors (Lipinski definition) is 2. The Morgan fingerprint density at radius 1 is 1.39 bits per heavy atom. The molecule has 18 heavy (non-hydrogen) atoms. The average Bonchev–Trinajstić information content (AvgIpc) is 2.62. The minimum atomic E-state index is 0.337. The summed E-state index contributed by atoms with van der Waals surface area (Å²) in [6, 6.07) is 8.10. The Bertz CT molecular complexity index is 581. The highest BCUT2D eigenvalue weighted by molar-refractivity contribution is 5.88. The van der Waals surface area contributed by atoms with Gasteiger partial charge in [0.1, 0.15) is 5.78 Å². The molecule has 2 aromatic rings. The molecule has 1 saturated carbocycles. The van der Waals surface area contributed by atoms with Crippen molar-refractivity contribution in [3.8, 4) is 0 Å². The topological polar surface area (TPSA) is 34.9 Å². The maximum Gasteiger partial charge on any atom is 0.139 e. The molecule has 1 aromatic heterocycles. The lowest BCUT2D eigenvalue weighted by Gasteiger charge is -2.24. The monoisotopic (exact) mass is 242 g/mol. The van der Waals surface area contributed by atoms with Crippen LogP contribution in [0.1, 0.15) is 31.4 Å². The van der Waals surface area contributed by atoms with E-state index in [1.807, 2.05) is 36.0 Å². The fraction of sp³-hybridized carbons (Fsp3) is 0.467. The summed E-state index contributed by atoms with van der Waals surface area (Å²) in [5.74, 6) is 0.982. The minimum Gasteiger partial charge on any atom is -0.299 e. The number of ketones is 1. The molecular weight excluding hydrogens is 224 g/mol. The van der Waals surface area contributed by atoms with E-state index in [1.54, 1.807) is 0 Å². The van der Waals surface area contributed by atoms with Crippen molar-refractivity contribution in [3.63, 3.8) is 0 Å². The second-order valence-electron chi connectivity index (χ2n) is 5.30. The van der Waals surface area contributed by atoms with Gasteiger partial charge in [-0.1, -0.05) is 37.5 Å². The number of carbonyl (C=O) groups excluding carboxylic acids is 1. The van der Waals surface area contributed by atoms with Crippen LogP contribution < -0.4 is 0 Å².